The maximum absolute atomic E-state index is 12.2. The molecule has 0 saturated carbocycles. The third kappa shape index (κ3) is 5.03. The second-order valence-electron chi connectivity index (χ2n) is 4.49. The third-order valence-electron chi connectivity index (χ3n) is 3.01. The number of rotatable bonds is 7. The van der Waals surface area contributed by atoms with Gasteiger partial charge in [-0.25, -0.2) is 0 Å². The van der Waals surface area contributed by atoms with Crippen molar-refractivity contribution in [2.75, 3.05) is 7.11 Å². The monoisotopic (exact) mass is 282 g/mol. The Morgan fingerprint density at radius 1 is 1.26 bits per heavy atom. The van der Waals surface area contributed by atoms with E-state index in [4.69, 9.17) is 16.3 Å². The lowest BCUT2D eigenvalue weighted by Gasteiger charge is -2.13. The van der Waals surface area contributed by atoms with Crippen LogP contribution in [0.5, 0.6) is 0 Å². The topological polar surface area (TPSA) is 43.4 Å². The summed E-state index contributed by atoms with van der Waals surface area (Å²) in [6.45, 7) is 2.03. The van der Waals surface area contributed by atoms with Gasteiger partial charge in [0, 0.05) is 11.4 Å². The molecule has 19 heavy (non-hydrogen) atoms. The number of hydrogen-bond acceptors (Lipinski definition) is 3. The number of ether oxygens (including phenoxy) is 1. The van der Waals surface area contributed by atoms with E-state index in [0.717, 1.165) is 18.4 Å². The summed E-state index contributed by atoms with van der Waals surface area (Å²) >= 11 is 5.79. The van der Waals surface area contributed by atoms with Gasteiger partial charge in [0.2, 0.25) is 0 Å². The van der Waals surface area contributed by atoms with Crippen LogP contribution >= 0.6 is 11.6 Å². The lowest BCUT2D eigenvalue weighted by molar-refractivity contribution is -0.149. The third-order valence-corrected chi connectivity index (χ3v) is 3.26. The highest BCUT2D eigenvalue weighted by atomic mass is 35.5. The molecule has 104 valence electrons. The lowest BCUT2D eigenvalue weighted by Crippen LogP contribution is -2.26. The standard InChI is InChI=1S/C15H19ClO3/c1-3-4-5-13(15(18)19-2)14(17)10-11-6-8-12(16)9-7-11/h6-9,13H,3-5,10H2,1-2H3. The molecule has 0 radical (unpaired) electrons. The van der Waals surface area contributed by atoms with E-state index in [1.165, 1.54) is 7.11 Å². The predicted octanol–water partition coefficient (Wildman–Crippen LogP) is 3.43. The summed E-state index contributed by atoms with van der Waals surface area (Å²) in [5.41, 5.74) is 0.861. The maximum atomic E-state index is 12.2. The Balaban J connectivity index is 2.70. The van der Waals surface area contributed by atoms with Crippen molar-refractivity contribution in [1.29, 1.82) is 0 Å². The first-order valence-corrected chi connectivity index (χ1v) is 6.81. The van der Waals surface area contributed by atoms with Crippen LogP contribution in [0.3, 0.4) is 0 Å². The van der Waals surface area contributed by atoms with E-state index >= 15 is 0 Å². The van der Waals surface area contributed by atoms with E-state index in [9.17, 15) is 9.59 Å². The van der Waals surface area contributed by atoms with Gasteiger partial charge in [0.05, 0.1) is 7.11 Å². The molecule has 0 saturated heterocycles. The Morgan fingerprint density at radius 2 is 1.89 bits per heavy atom. The molecule has 1 atom stereocenters. The van der Waals surface area contributed by atoms with Gasteiger partial charge in [-0.05, 0) is 24.1 Å². The number of ketones is 1. The number of carbonyl (C=O) groups is 2. The highest BCUT2D eigenvalue weighted by Crippen LogP contribution is 2.16. The highest BCUT2D eigenvalue weighted by molar-refractivity contribution is 6.30. The summed E-state index contributed by atoms with van der Waals surface area (Å²) in [6, 6.07) is 7.08. The van der Waals surface area contributed by atoms with Gasteiger partial charge >= 0.3 is 5.97 Å². The Labute approximate surface area is 118 Å². The van der Waals surface area contributed by atoms with Crippen LogP contribution < -0.4 is 0 Å². The summed E-state index contributed by atoms with van der Waals surface area (Å²) in [5.74, 6) is -1.18. The second-order valence-corrected chi connectivity index (χ2v) is 4.92. The molecule has 0 amide bonds. The molecule has 4 heteroatoms. The van der Waals surface area contributed by atoms with Crippen LogP contribution in [0.15, 0.2) is 24.3 Å². The number of halogens is 1. The van der Waals surface area contributed by atoms with E-state index < -0.39 is 11.9 Å². The molecule has 0 aliphatic rings. The van der Waals surface area contributed by atoms with Gasteiger partial charge in [-0.1, -0.05) is 43.5 Å². The lowest BCUT2D eigenvalue weighted by atomic mass is 9.93. The first kappa shape index (κ1) is 15.7. The highest BCUT2D eigenvalue weighted by Gasteiger charge is 2.26. The van der Waals surface area contributed by atoms with Crippen LogP contribution in [-0.2, 0) is 20.7 Å². The summed E-state index contributed by atoms with van der Waals surface area (Å²) in [6.07, 6.45) is 2.57. The van der Waals surface area contributed by atoms with Gasteiger partial charge in [0.15, 0.2) is 5.78 Å². The van der Waals surface area contributed by atoms with Crippen molar-refractivity contribution in [2.24, 2.45) is 5.92 Å². The minimum Gasteiger partial charge on any atom is -0.468 e. The number of methoxy groups -OCH3 is 1. The zero-order valence-electron chi connectivity index (χ0n) is 11.3. The van der Waals surface area contributed by atoms with Crippen molar-refractivity contribution in [3.05, 3.63) is 34.9 Å². The van der Waals surface area contributed by atoms with E-state index in [2.05, 4.69) is 0 Å². The predicted molar refractivity (Wildman–Crippen MR) is 75.2 cm³/mol. The van der Waals surface area contributed by atoms with Gasteiger partial charge in [-0.3, -0.25) is 9.59 Å². The molecule has 1 aromatic carbocycles. The number of benzene rings is 1. The molecule has 0 heterocycles. The summed E-state index contributed by atoms with van der Waals surface area (Å²) in [5, 5.41) is 0.631. The fourth-order valence-electron chi connectivity index (χ4n) is 1.89. The molecule has 0 aliphatic carbocycles. The molecule has 0 N–H and O–H groups in total. The normalized spacial score (nSPS) is 11.9. The van der Waals surface area contributed by atoms with Gasteiger partial charge in [-0.2, -0.15) is 0 Å². The Morgan fingerprint density at radius 3 is 2.42 bits per heavy atom. The molecule has 1 aromatic rings. The van der Waals surface area contributed by atoms with Crippen LogP contribution in [0.25, 0.3) is 0 Å². The maximum Gasteiger partial charge on any atom is 0.316 e. The molecule has 1 unspecified atom stereocenters. The second kappa shape index (κ2) is 7.95. The Bertz CT molecular complexity index is 426. The average Bonchev–Trinajstić information content (AvgIpc) is 2.41. The van der Waals surface area contributed by atoms with Crippen molar-refractivity contribution in [1.82, 2.24) is 0 Å². The van der Waals surface area contributed by atoms with Crippen LogP contribution in [0.1, 0.15) is 31.7 Å². The number of Topliss-reactive ketones (excluding diaryl/α,β-unsaturated/α-hetero) is 1. The van der Waals surface area contributed by atoms with Crippen molar-refractivity contribution in [2.45, 2.75) is 32.6 Å². The minimum absolute atomic E-state index is 0.0948. The van der Waals surface area contributed by atoms with Crippen molar-refractivity contribution < 1.29 is 14.3 Å². The number of carbonyl (C=O) groups excluding carboxylic acids is 2. The molecule has 3 nitrogen and oxygen atoms in total. The quantitative estimate of drug-likeness (QED) is 0.568. The van der Waals surface area contributed by atoms with E-state index in [0.29, 0.717) is 11.4 Å². The molecule has 0 fully saturated rings. The number of esters is 1. The summed E-state index contributed by atoms with van der Waals surface area (Å²) in [4.78, 5) is 23.8. The fraction of sp³-hybridized carbons (Fsp3) is 0.467. The van der Waals surface area contributed by atoms with Crippen molar-refractivity contribution >= 4 is 23.4 Å². The molecule has 0 bridgehead atoms. The summed E-state index contributed by atoms with van der Waals surface area (Å²) < 4.78 is 4.71. The van der Waals surface area contributed by atoms with Gasteiger partial charge < -0.3 is 4.74 Å². The summed E-state index contributed by atoms with van der Waals surface area (Å²) in [7, 11) is 1.32. The van der Waals surface area contributed by atoms with Gasteiger partial charge in [0.1, 0.15) is 5.92 Å². The first-order chi connectivity index (χ1) is 9.08. The largest absolute Gasteiger partial charge is 0.468 e. The molecule has 0 aromatic heterocycles. The Kier molecular flexibility index (Phi) is 6.57. The van der Waals surface area contributed by atoms with E-state index in [1.807, 2.05) is 6.92 Å². The molecular formula is C15H19ClO3. The minimum atomic E-state index is -0.652. The van der Waals surface area contributed by atoms with Crippen LogP contribution in [0, 0.1) is 5.92 Å². The first-order valence-electron chi connectivity index (χ1n) is 6.43. The molecule has 1 rings (SSSR count). The van der Waals surface area contributed by atoms with Crippen LogP contribution in [0.4, 0.5) is 0 Å². The van der Waals surface area contributed by atoms with Gasteiger partial charge in [0.25, 0.3) is 0 Å². The zero-order valence-corrected chi connectivity index (χ0v) is 12.1. The van der Waals surface area contributed by atoms with Crippen LogP contribution in [0.2, 0.25) is 5.02 Å². The van der Waals surface area contributed by atoms with Crippen molar-refractivity contribution in [3.63, 3.8) is 0 Å². The van der Waals surface area contributed by atoms with Crippen LogP contribution in [-0.4, -0.2) is 18.9 Å². The van der Waals surface area contributed by atoms with Gasteiger partial charge in [-0.15, -0.1) is 0 Å². The average molecular weight is 283 g/mol. The molecular weight excluding hydrogens is 264 g/mol. The fourth-order valence-corrected chi connectivity index (χ4v) is 2.01. The van der Waals surface area contributed by atoms with E-state index in [-0.39, 0.29) is 12.2 Å². The van der Waals surface area contributed by atoms with Crippen molar-refractivity contribution in [3.8, 4) is 0 Å². The number of hydrogen-bond donors (Lipinski definition) is 0. The SMILES string of the molecule is CCCCC(C(=O)Cc1ccc(Cl)cc1)C(=O)OC. The molecule has 0 aliphatic heterocycles. The zero-order chi connectivity index (χ0) is 14.3. The molecule has 0 spiro atoms. The van der Waals surface area contributed by atoms with E-state index in [1.54, 1.807) is 24.3 Å². The number of unbranched alkanes of at least 4 members (excludes halogenated alkanes) is 1. The smallest absolute Gasteiger partial charge is 0.316 e. The Hall–Kier alpha value is -1.35.